The van der Waals surface area contributed by atoms with Crippen molar-refractivity contribution in [1.82, 2.24) is 0 Å². The van der Waals surface area contributed by atoms with E-state index in [1.54, 1.807) is 18.2 Å². The minimum absolute atomic E-state index is 0.00230. The van der Waals surface area contributed by atoms with Gasteiger partial charge in [-0.3, -0.25) is 4.79 Å². The summed E-state index contributed by atoms with van der Waals surface area (Å²) in [6.45, 7) is 5.99. The van der Waals surface area contributed by atoms with Gasteiger partial charge in [-0.05, 0) is 64.3 Å². The number of hydrogen-bond donors (Lipinski definition) is 2. The molecule has 2 unspecified atom stereocenters. The second kappa shape index (κ2) is 5.78. The van der Waals surface area contributed by atoms with Crippen LogP contribution >= 0.6 is 0 Å². The number of allylic oxidation sites excluding steroid dienone is 3. The molecule has 1 aliphatic carbocycles. The fraction of sp³-hybridized carbons (Fsp3) is 0.450. The molecule has 0 bridgehead atoms. The van der Waals surface area contributed by atoms with Crippen LogP contribution in [-0.2, 0) is 4.79 Å². The number of ketones is 1. The van der Waals surface area contributed by atoms with E-state index in [0.29, 0.717) is 36.1 Å². The number of ether oxygens (including phenoxy) is 1. The average molecular weight is 328 g/mol. The first kappa shape index (κ1) is 16.8. The lowest BCUT2D eigenvalue weighted by atomic mass is 9.66. The molecule has 1 aromatic carbocycles. The second-order valence-electron chi connectivity index (χ2n) is 7.22. The minimum Gasteiger partial charge on any atom is -0.508 e. The van der Waals surface area contributed by atoms with Crippen LogP contribution in [0.5, 0.6) is 11.5 Å². The number of hydrogen-bond acceptors (Lipinski definition) is 4. The van der Waals surface area contributed by atoms with Crippen molar-refractivity contribution < 1.29 is 19.7 Å². The fourth-order valence-electron chi connectivity index (χ4n) is 3.68. The highest BCUT2D eigenvalue weighted by atomic mass is 16.5. The summed E-state index contributed by atoms with van der Waals surface area (Å²) in [6, 6.07) is 4.81. The van der Waals surface area contributed by atoms with E-state index in [0.717, 1.165) is 6.42 Å². The first-order valence-electron chi connectivity index (χ1n) is 8.38. The van der Waals surface area contributed by atoms with Crippen molar-refractivity contribution in [2.75, 3.05) is 0 Å². The zero-order valence-electron chi connectivity index (χ0n) is 14.4. The quantitative estimate of drug-likeness (QED) is 0.829. The molecule has 128 valence electrons. The monoisotopic (exact) mass is 328 g/mol. The van der Waals surface area contributed by atoms with Crippen molar-refractivity contribution in [2.24, 2.45) is 0 Å². The van der Waals surface area contributed by atoms with Gasteiger partial charge in [0.25, 0.3) is 0 Å². The molecular formula is C20H24O4. The number of aliphatic hydroxyl groups is 1. The Morgan fingerprint density at radius 3 is 2.83 bits per heavy atom. The third kappa shape index (κ3) is 2.65. The van der Waals surface area contributed by atoms with Gasteiger partial charge in [0.2, 0.25) is 0 Å². The van der Waals surface area contributed by atoms with Crippen LogP contribution in [0.15, 0.2) is 35.9 Å². The van der Waals surface area contributed by atoms with E-state index >= 15 is 0 Å². The van der Waals surface area contributed by atoms with Gasteiger partial charge in [-0.1, -0.05) is 11.6 Å². The molecule has 0 amide bonds. The summed E-state index contributed by atoms with van der Waals surface area (Å²) in [5.41, 5.74) is 0.328. The van der Waals surface area contributed by atoms with Crippen molar-refractivity contribution in [1.29, 1.82) is 0 Å². The van der Waals surface area contributed by atoms with Gasteiger partial charge in [0.15, 0.2) is 5.78 Å². The molecule has 1 aromatic rings. The van der Waals surface area contributed by atoms with E-state index in [4.69, 9.17) is 4.74 Å². The van der Waals surface area contributed by atoms with E-state index in [1.807, 2.05) is 20.8 Å². The topological polar surface area (TPSA) is 66.8 Å². The molecular weight excluding hydrogens is 304 g/mol. The van der Waals surface area contributed by atoms with Crippen LogP contribution in [0.1, 0.15) is 52.0 Å². The van der Waals surface area contributed by atoms with Crippen molar-refractivity contribution >= 4 is 11.4 Å². The molecule has 0 saturated heterocycles. The number of phenols is 1. The standard InChI is InChI=1S/C20H24O4/c1-13(2)5-4-9-19(3)20(23)10-8-15(22)12-17(20)16-11-14(21)6-7-18(16)24-19/h5-7,11-12,21,23H,4,8-10H2,1-3H3. The molecule has 2 N–H and O–H groups in total. The maximum atomic E-state index is 12.0. The molecule has 1 aliphatic heterocycles. The molecule has 24 heavy (non-hydrogen) atoms. The molecule has 4 nitrogen and oxygen atoms in total. The lowest BCUT2D eigenvalue weighted by molar-refractivity contribution is -0.125. The van der Waals surface area contributed by atoms with Gasteiger partial charge in [-0.25, -0.2) is 0 Å². The molecule has 2 atom stereocenters. The normalized spacial score (nSPS) is 28.3. The van der Waals surface area contributed by atoms with Crippen molar-refractivity contribution in [3.63, 3.8) is 0 Å². The van der Waals surface area contributed by atoms with Crippen LogP contribution in [0, 0.1) is 0 Å². The van der Waals surface area contributed by atoms with Gasteiger partial charge in [0, 0.05) is 17.6 Å². The molecule has 0 aromatic heterocycles. The highest BCUT2D eigenvalue weighted by Crippen LogP contribution is 2.53. The summed E-state index contributed by atoms with van der Waals surface area (Å²) >= 11 is 0. The van der Waals surface area contributed by atoms with Crippen LogP contribution in [-0.4, -0.2) is 27.2 Å². The zero-order valence-corrected chi connectivity index (χ0v) is 14.4. The van der Waals surface area contributed by atoms with Gasteiger partial charge in [-0.15, -0.1) is 0 Å². The summed E-state index contributed by atoms with van der Waals surface area (Å²) < 4.78 is 6.22. The number of carbonyl (C=O) groups is 1. The molecule has 0 fully saturated rings. The van der Waals surface area contributed by atoms with E-state index in [1.165, 1.54) is 11.6 Å². The van der Waals surface area contributed by atoms with Crippen LogP contribution in [0.2, 0.25) is 0 Å². The first-order chi connectivity index (χ1) is 11.2. The number of aromatic hydroxyl groups is 1. The van der Waals surface area contributed by atoms with E-state index < -0.39 is 11.2 Å². The van der Waals surface area contributed by atoms with E-state index in [2.05, 4.69) is 6.08 Å². The predicted molar refractivity (Wildman–Crippen MR) is 93.0 cm³/mol. The molecule has 0 saturated carbocycles. The minimum atomic E-state index is -1.24. The molecule has 3 rings (SSSR count). The number of fused-ring (bicyclic) bond motifs is 3. The van der Waals surface area contributed by atoms with Gasteiger partial charge >= 0.3 is 0 Å². The van der Waals surface area contributed by atoms with Crippen molar-refractivity contribution in [3.05, 3.63) is 41.5 Å². The Balaban J connectivity index is 2.10. The largest absolute Gasteiger partial charge is 0.508 e. The molecule has 4 heteroatoms. The summed E-state index contributed by atoms with van der Waals surface area (Å²) in [6.07, 6.45) is 5.70. The van der Waals surface area contributed by atoms with Crippen LogP contribution in [0.4, 0.5) is 0 Å². The number of benzene rings is 1. The van der Waals surface area contributed by atoms with Crippen LogP contribution in [0.25, 0.3) is 5.57 Å². The van der Waals surface area contributed by atoms with Gasteiger partial charge in [0.05, 0.1) is 0 Å². The average Bonchev–Trinajstić information content (AvgIpc) is 2.50. The predicted octanol–water partition coefficient (Wildman–Crippen LogP) is 3.77. The van der Waals surface area contributed by atoms with Crippen molar-refractivity contribution in [3.8, 4) is 11.5 Å². The summed E-state index contributed by atoms with van der Waals surface area (Å²) in [5, 5.41) is 21.3. The Morgan fingerprint density at radius 1 is 1.38 bits per heavy atom. The molecule has 0 radical (unpaired) electrons. The smallest absolute Gasteiger partial charge is 0.156 e. The SMILES string of the molecule is CC(C)=CCCC1(C)Oc2ccc(O)cc2C2=CC(=O)CCC21O. The number of carbonyl (C=O) groups excluding carboxylic acids is 1. The highest BCUT2D eigenvalue weighted by Gasteiger charge is 2.56. The Labute approximate surface area is 142 Å². The van der Waals surface area contributed by atoms with Crippen LogP contribution in [0.3, 0.4) is 0 Å². The highest BCUT2D eigenvalue weighted by molar-refractivity contribution is 6.02. The van der Waals surface area contributed by atoms with Crippen molar-refractivity contribution in [2.45, 2.75) is 57.7 Å². The molecule has 2 aliphatic rings. The Morgan fingerprint density at radius 2 is 2.12 bits per heavy atom. The Hall–Kier alpha value is -2.07. The third-order valence-electron chi connectivity index (χ3n) is 5.12. The van der Waals surface area contributed by atoms with Gasteiger partial charge < -0.3 is 14.9 Å². The second-order valence-corrected chi connectivity index (χ2v) is 7.22. The van der Waals surface area contributed by atoms with E-state index in [-0.39, 0.29) is 11.5 Å². The fourth-order valence-corrected chi connectivity index (χ4v) is 3.68. The first-order valence-corrected chi connectivity index (χ1v) is 8.38. The lowest BCUT2D eigenvalue weighted by Crippen LogP contribution is -2.60. The number of phenolic OH excluding ortho intramolecular Hbond substituents is 1. The maximum absolute atomic E-state index is 12.0. The molecule has 1 heterocycles. The summed E-state index contributed by atoms with van der Waals surface area (Å²) in [7, 11) is 0. The third-order valence-corrected chi connectivity index (χ3v) is 5.12. The van der Waals surface area contributed by atoms with E-state index in [9.17, 15) is 15.0 Å². The number of rotatable bonds is 3. The summed E-state index contributed by atoms with van der Waals surface area (Å²) in [4.78, 5) is 12.0. The summed E-state index contributed by atoms with van der Waals surface area (Å²) in [5.74, 6) is 0.683. The molecule has 0 spiro atoms. The Kier molecular flexibility index (Phi) is 4.04. The van der Waals surface area contributed by atoms with Gasteiger partial charge in [0.1, 0.15) is 22.7 Å². The van der Waals surface area contributed by atoms with Crippen LogP contribution < -0.4 is 4.74 Å². The maximum Gasteiger partial charge on any atom is 0.156 e. The Bertz CT molecular complexity index is 742. The zero-order chi connectivity index (χ0) is 17.5. The van der Waals surface area contributed by atoms with Gasteiger partial charge in [-0.2, -0.15) is 0 Å². The lowest BCUT2D eigenvalue weighted by Gasteiger charge is -2.51.